The molecular formula is C30H27N3O5. The van der Waals surface area contributed by atoms with Crippen molar-refractivity contribution in [2.24, 2.45) is 0 Å². The molecule has 0 aliphatic heterocycles. The monoisotopic (exact) mass is 509 g/mol. The van der Waals surface area contributed by atoms with E-state index in [1.165, 1.54) is 12.1 Å². The molecule has 0 aliphatic rings. The normalized spacial score (nSPS) is 11.4. The number of nitro groups is 1. The van der Waals surface area contributed by atoms with Gasteiger partial charge in [-0.05, 0) is 41.0 Å². The highest BCUT2D eigenvalue weighted by molar-refractivity contribution is 5.99. The van der Waals surface area contributed by atoms with E-state index in [1.54, 1.807) is 43.5 Å². The summed E-state index contributed by atoms with van der Waals surface area (Å²) < 4.78 is 5.17. The van der Waals surface area contributed by atoms with E-state index in [2.05, 4.69) is 10.6 Å². The Kier molecular flexibility index (Phi) is 8.46. The van der Waals surface area contributed by atoms with Crippen LogP contribution in [0.25, 0.3) is 0 Å². The maximum absolute atomic E-state index is 13.7. The molecule has 1 unspecified atom stereocenters. The second-order valence-corrected chi connectivity index (χ2v) is 8.66. The van der Waals surface area contributed by atoms with E-state index in [9.17, 15) is 19.7 Å². The first-order chi connectivity index (χ1) is 18.4. The quantitative estimate of drug-likeness (QED) is 0.228. The zero-order valence-corrected chi connectivity index (χ0v) is 20.7. The van der Waals surface area contributed by atoms with Gasteiger partial charge in [0.15, 0.2) is 0 Å². The SMILES string of the molecule is COc1ccc(NC(=O)C(Cc2ccc([N+](=O)[O-])cc2)NC(=O)C(c2ccccc2)c2ccccc2)cc1. The number of rotatable bonds is 10. The number of nitrogens with zero attached hydrogens (tertiary/aromatic N) is 1. The zero-order chi connectivity index (χ0) is 26.9. The van der Waals surface area contributed by atoms with Crippen LogP contribution in [0.3, 0.4) is 0 Å². The standard InChI is InChI=1S/C30H27N3O5/c1-38-26-18-14-24(15-19-26)31-29(34)27(20-21-12-16-25(17-13-21)33(36)37)32-30(35)28(22-8-4-2-5-9-22)23-10-6-3-7-11-23/h2-19,27-28H,20H2,1H3,(H,31,34)(H,32,35). The van der Waals surface area contributed by atoms with Crippen LogP contribution in [0.1, 0.15) is 22.6 Å². The van der Waals surface area contributed by atoms with Gasteiger partial charge in [-0.1, -0.05) is 72.8 Å². The molecule has 2 N–H and O–H groups in total. The summed E-state index contributed by atoms with van der Waals surface area (Å²) in [6.45, 7) is 0. The molecule has 4 aromatic rings. The van der Waals surface area contributed by atoms with Crippen LogP contribution < -0.4 is 15.4 Å². The van der Waals surface area contributed by atoms with Gasteiger partial charge in [0.05, 0.1) is 18.0 Å². The number of hydrogen-bond acceptors (Lipinski definition) is 5. The summed E-state index contributed by atoms with van der Waals surface area (Å²) in [5, 5.41) is 16.8. The van der Waals surface area contributed by atoms with E-state index >= 15 is 0 Å². The Balaban J connectivity index is 1.62. The summed E-state index contributed by atoms with van der Waals surface area (Å²) in [4.78, 5) is 37.7. The summed E-state index contributed by atoms with van der Waals surface area (Å²) in [5.41, 5.74) is 2.75. The molecule has 192 valence electrons. The van der Waals surface area contributed by atoms with Crippen LogP contribution in [0.15, 0.2) is 109 Å². The molecule has 8 nitrogen and oxygen atoms in total. The van der Waals surface area contributed by atoms with Crippen molar-refractivity contribution in [3.63, 3.8) is 0 Å². The first kappa shape index (κ1) is 26.1. The maximum Gasteiger partial charge on any atom is 0.269 e. The molecule has 0 saturated carbocycles. The molecule has 0 aliphatic carbocycles. The molecule has 0 saturated heterocycles. The molecule has 1 atom stereocenters. The third-order valence-corrected chi connectivity index (χ3v) is 6.11. The van der Waals surface area contributed by atoms with Crippen molar-refractivity contribution in [1.82, 2.24) is 5.32 Å². The van der Waals surface area contributed by atoms with E-state index in [1.807, 2.05) is 60.7 Å². The van der Waals surface area contributed by atoms with Crippen molar-refractivity contribution < 1.29 is 19.2 Å². The molecular weight excluding hydrogens is 482 g/mol. The number of anilines is 1. The number of benzene rings is 4. The number of amides is 2. The predicted octanol–water partition coefficient (Wildman–Crippen LogP) is 5.10. The van der Waals surface area contributed by atoms with Crippen molar-refractivity contribution in [2.75, 3.05) is 12.4 Å². The number of hydrogen-bond donors (Lipinski definition) is 2. The molecule has 4 rings (SSSR count). The van der Waals surface area contributed by atoms with Gasteiger partial charge in [0.1, 0.15) is 11.8 Å². The highest BCUT2D eigenvalue weighted by Crippen LogP contribution is 2.25. The van der Waals surface area contributed by atoms with Gasteiger partial charge in [-0.25, -0.2) is 0 Å². The molecule has 0 aromatic heterocycles. The van der Waals surface area contributed by atoms with E-state index < -0.39 is 22.8 Å². The second-order valence-electron chi connectivity index (χ2n) is 8.66. The van der Waals surface area contributed by atoms with Crippen LogP contribution in [0, 0.1) is 10.1 Å². The maximum atomic E-state index is 13.7. The average molecular weight is 510 g/mol. The molecule has 4 aromatic carbocycles. The van der Waals surface area contributed by atoms with Gasteiger partial charge in [-0.15, -0.1) is 0 Å². The van der Waals surface area contributed by atoms with Crippen LogP contribution in [0.5, 0.6) is 5.75 Å². The van der Waals surface area contributed by atoms with Gasteiger partial charge in [-0.3, -0.25) is 19.7 Å². The Morgan fingerprint density at radius 3 is 1.84 bits per heavy atom. The summed E-state index contributed by atoms with van der Waals surface area (Å²) in [6.07, 6.45) is 0.141. The summed E-state index contributed by atoms with van der Waals surface area (Å²) in [7, 11) is 1.55. The van der Waals surface area contributed by atoms with Gasteiger partial charge in [0.2, 0.25) is 11.8 Å². The number of carbonyl (C=O) groups is 2. The van der Waals surface area contributed by atoms with Crippen molar-refractivity contribution in [1.29, 1.82) is 0 Å². The topological polar surface area (TPSA) is 111 Å². The third kappa shape index (κ3) is 6.61. The van der Waals surface area contributed by atoms with Gasteiger partial charge in [0.25, 0.3) is 5.69 Å². The Morgan fingerprint density at radius 2 is 1.34 bits per heavy atom. The van der Waals surface area contributed by atoms with Crippen LogP contribution in [0.4, 0.5) is 11.4 Å². The molecule has 2 amide bonds. The van der Waals surface area contributed by atoms with Gasteiger partial charge in [0, 0.05) is 24.2 Å². The molecule has 0 heterocycles. The van der Waals surface area contributed by atoms with Crippen molar-refractivity contribution >= 4 is 23.2 Å². The summed E-state index contributed by atoms with van der Waals surface area (Å²) in [5.74, 6) is -0.737. The number of ether oxygens (including phenoxy) is 1. The highest BCUT2D eigenvalue weighted by Gasteiger charge is 2.28. The molecule has 0 bridgehead atoms. The molecule has 8 heteroatoms. The predicted molar refractivity (Wildman–Crippen MR) is 145 cm³/mol. The van der Waals surface area contributed by atoms with Gasteiger partial charge >= 0.3 is 0 Å². The van der Waals surface area contributed by atoms with E-state index in [0.29, 0.717) is 17.0 Å². The summed E-state index contributed by atoms with van der Waals surface area (Å²) >= 11 is 0. The lowest BCUT2D eigenvalue weighted by Gasteiger charge is -2.23. The molecule has 38 heavy (non-hydrogen) atoms. The minimum absolute atomic E-state index is 0.0507. The van der Waals surface area contributed by atoms with Crippen molar-refractivity contribution in [2.45, 2.75) is 18.4 Å². The van der Waals surface area contributed by atoms with Crippen LogP contribution in [-0.4, -0.2) is 29.9 Å². The van der Waals surface area contributed by atoms with Crippen LogP contribution in [0.2, 0.25) is 0 Å². The van der Waals surface area contributed by atoms with Gasteiger partial charge in [-0.2, -0.15) is 0 Å². The molecule has 0 spiro atoms. The van der Waals surface area contributed by atoms with E-state index in [4.69, 9.17) is 4.74 Å². The fraction of sp³-hybridized carbons (Fsp3) is 0.133. The number of methoxy groups -OCH3 is 1. The van der Waals surface area contributed by atoms with Gasteiger partial charge < -0.3 is 15.4 Å². The number of carbonyl (C=O) groups excluding carboxylic acids is 2. The van der Waals surface area contributed by atoms with Crippen LogP contribution >= 0.6 is 0 Å². The van der Waals surface area contributed by atoms with Crippen molar-refractivity contribution in [3.8, 4) is 5.75 Å². The second kappa shape index (κ2) is 12.3. The lowest BCUT2D eigenvalue weighted by molar-refractivity contribution is -0.384. The Morgan fingerprint density at radius 1 is 0.789 bits per heavy atom. The first-order valence-corrected chi connectivity index (χ1v) is 12.0. The molecule has 0 fully saturated rings. The van der Waals surface area contributed by atoms with E-state index in [-0.39, 0.29) is 18.0 Å². The average Bonchev–Trinajstić information content (AvgIpc) is 2.94. The zero-order valence-electron chi connectivity index (χ0n) is 20.7. The summed E-state index contributed by atoms with van der Waals surface area (Å²) in [6, 6.07) is 30.6. The number of non-ortho nitro benzene ring substituents is 1. The largest absolute Gasteiger partial charge is 0.497 e. The number of nitro benzene ring substituents is 1. The highest BCUT2D eigenvalue weighted by atomic mass is 16.6. The fourth-order valence-corrected chi connectivity index (χ4v) is 4.14. The lowest BCUT2D eigenvalue weighted by Crippen LogP contribution is -2.47. The smallest absolute Gasteiger partial charge is 0.269 e. The molecule has 0 radical (unpaired) electrons. The Hall–Kier alpha value is -4.98. The first-order valence-electron chi connectivity index (χ1n) is 12.0. The van der Waals surface area contributed by atoms with E-state index in [0.717, 1.165) is 11.1 Å². The van der Waals surface area contributed by atoms with Crippen molar-refractivity contribution in [3.05, 3.63) is 136 Å². The Labute approximate surface area is 220 Å². The lowest BCUT2D eigenvalue weighted by atomic mass is 9.90. The van der Waals surface area contributed by atoms with Crippen LogP contribution in [-0.2, 0) is 16.0 Å². The number of nitrogens with one attached hydrogen (secondary N) is 2. The third-order valence-electron chi connectivity index (χ3n) is 6.11. The minimum Gasteiger partial charge on any atom is -0.497 e. The fourth-order valence-electron chi connectivity index (χ4n) is 4.14. The minimum atomic E-state index is -0.944. The Bertz CT molecular complexity index is 1340.